The normalized spacial score (nSPS) is 12.0. The van der Waals surface area contributed by atoms with Crippen molar-refractivity contribution in [1.82, 2.24) is 0 Å². The molecule has 0 saturated carbocycles. The number of carboxylic acids is 2. The standard InChI is InChI=1S/C18H22O5Si2/c1-24(2,3)23-25(4,15-11-7-5-9-13(15)17(19)20)16-12-8-6-10-14(16)18(21)22/h5-12H,1-4H3,(H,19,20)(H,21,22). The molecule has 0 aliphatic carbocycles. The van der Waals surface area contributed by atoms with Crippen molar-refractivity contribution in [2.75, 3.05) is 0 Å². The van der Waals surface area contributed by atoms with Gasteiger partial charge in [-0.2, -0.15) is 0 Å². The zero-order valence-electron chi connectivity index (χ0n) is 14.7. The number of aromatic carboxylic acids is 2. The second-order valence-electron chi connectivity index (χ2n) is 6.95. The molecule has 0 fully saturated rings. The second kappa shape index (κ2) is 6.95. The van der Waals surface area contributed by atoms with Gasteiger partial charge in [0.05, 0.1) is 11.1 Å². The maximum Gasteiger partial charge on any atom is 0.335 e. The fourth-order valence-electron chi connectivity index (χ4n) is 3.04. The Hall–Kier alpha value is -2.23. The first-order chi connectivity index (χ1) is 11.6. The third kappa shape index (κ3) is 4.06. The smallest absolute Gasteiger partial charge is 0.335 e. The van der Waals surface area contributed by atoms with Crippen LogP contribution in [-0.2, 0) is 4.12 Å². The maximum absolute atomic E-state index is 11.7. The Morgan fingerprint density at radius 2 is 1.12 bits per heavy atom. The molecule has 0 bridgehead atoms. The highest BCUT2D eigenvalue weighted by molar-refractivity contribution is 7.02. The first kappa shape index (κ1) is 19.1. The third-order valence-electron chi connectivity index (χ3n) is 3.85. The Morgan fingerprint density at radius 1 is 0.760 bits per heavy atom. The molecular formula is C18H22O5Si2. The van der Waals surface area contributed by atoms with Crippen LogP contribution in [0.3, 0.4) is 0 Å². The minimum atomic E-state index is -3.05. The van der Waals surface area contributed by atoms with Crippen LogP contribution in [0.5, 0.6) is 0 Å². The van der Waals surface area contributed by atoms with Crippen molar-refractivity contribution in [3.05, 3.63) is 59.7 Å². The Morgan fingerprint density at radius 3 is 1.44 bits per heavy atom. The zero-order chi connectivity index (χ0) is 18.8. The second-order valence-corrected chi connectivity index (χ2v) is 15.1. The molecule has 0 aliphatic rings. The summed E-state index contributed by atoms with van der Waals surface area (Å²) in [6.45, 7) is 7.94. The molecule has 132 valence electrons. The SMILES string of the molecule is C[Si](C)(C)O[Si](C)(c1ccccc1C(=O)O)c1ccccc1C(=O)O. The summed E-state index contributed by atoms with van der Waals surface area (Å²) in [6.07, 6.45) is 0. The predicted octanol–water partition coefficient (Wildman–Crippen LogP) is 2.62. The van der Waals surface area contributed by atoms with E-state index in [-0.39, 0.29) is 11.1 Å². The number of carbonyl (C=O) groups is 2. The Bertz CT molecular complexity index is 754. The van der Waals surface area contributed by atoms with Crippen LogP contribution in [0.2, 0.25) is 26.2 Å². The van der Waals surface area contributed by atoms with Gasteiger partial charge in [0.15, 0.2) is 8.32 Å². The first-order valence-corrected chi connectivity index (χ1v) is 13.7. The molecule has 0 heterocycles. The third-order valence-corrected chi connectivity index (χ3v) is 10.9. The van der Waals surface area contributed by atoms with E-state index in [1.54, 1.807) is 48.5 Å². The van der Waals surface area contributed by atoms with Crippen molar-refractivity contribution in [2.45, 2.75) is 26.2 Å². The van der Waals surface area contributed by atoms with Gasteiger partial charge >= 0.3 is 11.9 Å². The summed E-state index contributed by atoms with van der Waals surface area (Å²) < 4.78 is 6.53. The van der Waals surface area contributed by atoms with Gasteiger partial charge in [-0.05, 0) is 48.7 Å². The molecule has 25 heavy (non-hydrogen) atoms. The van der Waals surface area contributed by atoms with E-state index >= 15 is 0 Å². The molecule has 2 aromatic rings. The summed E-state index contributed by atoms with van der Waals surface area (Å²) in [4.78, 5) is 23.5. The zero-order valence-corrected chi connectivity index (χ0v) is 16.7. The Kier molecular flexibility index (Phi) is 5.31. The highest BCUT2D eigenvalue weighted by Gasteiger charge is 2.42. The van der Waals surface area contributed by atoms with Crippen molar-refractivity contribution in [3.8, 4) is 0 Å². The molecule has 2 aromatic carbocycles. The van der Waals surface area contributed by atoms with Crippen LogP contribution in [0.1, 0.15) is 20.7 Å². The van der Waals surface area contributed by atoms with Gasteiger partial charge in [-0.25, -0.2) is 9.59 Å². The summed E-state index contributed by atoms with van der Waals surface area (Å²) in [5.41, 5.74) is 0.324. The Balaban J connectivity index is 2.82. The van der Waals surface area contributed by atoms with E-state index < -0.39 is 28.6 Å². The number of hydrogen-bond acceptors (Lipinski definition) is 3. The molecule has 2 N–H and O–H groups in total. The predicted molar refractivity (Wildman–Crippen MR) is 102 cm³/mol. The molecule has 0 saturated heterocycles. The highest BCUT2D eigenvalue weighted by Crippen LogP contribution is 2.19. The van der Waals surface area contributed by atoms with Crippen molar-refractivity contribution in [1.29, 1.82) is 0 Å². The lowest BCUT2D eigenvalue weighted by molar-refractivity contribution is 0.0688. The maximum atomic E-state index is 11.7. The summed E-state index contributed by atoms with van der Waals surface area (Å²) in [6, 6.07) is 13.4. The van der Waals surface area contributed by atoms with E-state index in [1.807, 2.05) is 26.2 Å². The quantitative estimate of drug-likeness (QED) is 0.760. The largest absolute Gasteiger partial charge is 0.478 e. The van der Waals surface area contributed by atoms with E-state index in [2.05, 4.69) is 0 Å². The van der Waals surface area contributed by atoms with Crippen molar-refractivity contribution in [3.63, 3.8) is 0 Å². The van der Waals surface area contributed by atoms with Gasteiger partial charge in [0.2, 0.25) is 8.32 Å². The minimum Gasteiger partial charge on any atom is -0.478 e. The van der Waals surface area contributed by atoms with Gasteiger partial charge in [0.1, 0.15) is 0 Å². The van der Waals surface area contributed by atoms with Gasteiger partial charge in [-0.1, -0.05) is 36.4 Å². The molecule has 0 unspecified atom stereocenters. The molecule has 0 aliphatic heterocycles. The van der Waals surface area contributed by atoms with Crippen LogP contribution in [0.15, 0.2) is 48.5 Å². The van der Waals surface area contributed by atoms with E-state index in [9.17, 15) is 19.8 Å². The molecule has 0 atom stereocenters. The fraction of sp³-hybridized carbons (Fsp3) is 0.222. The van der Waals surface area contributed by atoms with E-state index in [0.29, 0.717) is 10.4 Å². The van der Waals surface area contributed by atoms with Crippen LogP contribution >= 0.6 is 0 Å². The molecule has 0 radical (unpaired) electrons. The van der Waals surface area contributed by atoms with Crippen LogP contribution < -0.4 is 10.4 Å². The molecule has 2 rings (SSSR count). The Labute approximate surface area is 149 Å². The van der Waals surface area contributed by atoms with Crippen LogP contribution in [-0.4, -0.2) is 38.8 Å². The van der Waals surface area contributed by atoms with Gasteiger partial charge in [-0.15, -0.1) is 0 Å². The average molecular weight is 375 g/mol. The van der Waals surface area contributed by atoms with Gasteiger partial charge in [-0.3, -0.25) is 0 Å². The summed E-state index contributed by atoms with van der Waals surface area (Å²) in [7, 11) is -5.15. The summed E-state index contributed by atoms with van der Waals surface area (Å²) >= 11 is 0. The topological polar surface area (TPSA) is 83.8 Å². The van der Waals surface area contributed by atoms with Gasteiger partial charge in [0.25, 0.3) is 0 Å². The van der Waals surface area contributed by atoms with Gasteiger partial charge < -0.3 is 14.3 Å². The lowest BCUT2D eigenvalue weighted by atomic mass is 10.2. The molecule has 0 spiro atoms. The number of carboxylic acid groups (broad SMARTS) is 2. The number of benzene rings is 2. The van der Waals surface area contributed by atoms with Gasteiger partial charge in [0, 0.05) is 0 Å². The van der Waals surface area contributed by atoms with Crippen LogP contribution in [0.25, 0.3) is 0 Å². The summed E-state index contributed by atoms with van der Waals surface area (Å²) in [5.74, 6) is -2.08. The van der Waals surface area contributed by atoms with E-state index in [1.165, 1.54) is 0 Å². The van der Waals surface area contributed by atoms with Crippen LogP contribution in [0.4, 0.5) is 0 Å². The number of rotatable bonds is 6. The lowest BCUT2D eigenvalue weighted by Gasteiger charge is -2.36. The summed E-state index contributed by atoms with van der Waals surface area (Å²) in [5, 5.41) is 20.4. The molecular weight excluding hydrogens is 352 g/mol. The van der Waals surface area contributed by atoms with Crippen LogP contribution in [0, 0.1) is 0 Å². The van der Waals surface area contributed by atoms with E-state index in [0.717, 1.165) is 0 Å². The fourth-order valence-corrected chi connectivity index (χ4v) is 11.3. The average Bonchev–Trinajstić information content (AvgIpc) is 2.53. The molecule has 0 aromatic heterocycles. The molecule has 0 amide bonds. The van der Waals surface area contributed by atoms with Crippen molar-refractivity contribution >= 4 is 38.9 Å². The monoisotopic (exact) mass is 374 g/mol. The first-order valence-electron chi connectivity index (χ1n) is 7.92. The molecule has 7 heteroatoms. The van der Waals surface area contributed by atoms with Crippen molar-refractivity contribution < 1.29 is 23.9 Å². The van der Waals surface area contributed by atoms with Crippen molar-refractivity contribution in [2.24, 2.45) is 0 Å². The number of hydrogen-bond donors (Lipinski definition) is 2. The van der Waals surface area contributed by atoms with E-state index in [4.69, 9.17) is 4.12 Å². The highest BCUT2D eigenvalue weighted by atomic mass is 28.4. The lowest BCUT2D eigenvalue weighted by Crippen LogP contribution is -2.64. The minimum absolute atomic E-state index is 0.162. The molecule has 5 nitrogen and oxygen atoms in total.